The normalized spacial score (nSPS) is 12.5. The lowest BCUT2D eigenvalue weighted by Gasteiger charge is -2.08. The number of aliphatic hydroxyl groups is 1. The predicted octanol–water partition coefficient (Wildman–Crippen LogP) is 2.80. The third-order valence-electron chi connectivity index (χ3n) is 3.38. The summed E-state index contributed by atoms with van der Waals surface area (Å²) >= 11 is 0. The molecule has 0 aliphatic heterocycles. The largest absolute Gasteiger partial charge is 0.467 e. The minimum Gasteiger partial charge on any atom is -0.467 e. The molecule has 1 atom stereocenters. The SMILES string of the molecule is Cc1c(C(=O)NCC(O)c2ccco2)oc2ccccc12. The number of aliphatic hydroxyl groups excluding tert-OH is 1. The van der Waals surface area contributed by atoms with Crippen LogP contribution in [0.1, 0.15) is 28.0 Å². The molecule has 1 unspecified atom stereocenters. The Bertz CT molecular complexity index is 758. The Kier molecular flexibility index (Phi) is 3.50. The van der Waals surface area contributed by atoms with Crippen LogP contribution in [-0.2, 0) is 0 Å². The number of benzene rings is 1. The third kappa shape index (κ3) is 2.55. The summed E-state index contributed by atoms with van der Waals surface area (Å²) in [7, 11) is 0. The highest BCUT2D eigenvalue weighted by molar-refractivity contribution is 5.98. The van der Waals surface area contributed by atoms with Crippen molar-refractivity contribution >= 4 is 16.9 Å². The molecule has 0 spiro atoms. The van der Waals surface area contributed by atoms with Gasteiger partial charge in [0.1, 0.15) is 17.4 Å². The second-order valence-electron chi connectivity index (χ2n) is 4.79. The lowest BCUT2D eigenvalue weighted by Crippen LogP contribution is -2.28. The summed E-state index contributed by atoms with van der Waals surface area (Å²) in [5, 5.41) is 13.4. The standard InChI is InChI=1S/C16H15NO4/c1-10-11-5-2-3-6-13(11)21-15(10)16(19)17-9-12(18)14-7-4-8-20-14/h2-8,12,18H,9H2,1H3,(H,17,19). The lowest BCUT2D eigenvalue weighted by atomic mass is 10.1. The van der Waals surface area contributed by atoms with Crippen LogP contribution in [-0.4, -0.2) is 17.6 Å². The Hall–Kier alpha value is -2.53. The van der Waals surface area contributed by atoms with Crippen LogP contribution in [0.15, 0.2) is 51.5 Å². The zero-order valence-corrected chi connectivity index (χ0v) is 11.5. The minimum atomic E-state index is -0.881. The van der Waals surface area contributed by atoms with Gasteiger partial charge >= 0.3 is 0 Å². The maximum absolute atomic E-state index is 12.2. The van der Waals surface area contributed by atoms with Crippen LogP contribution in [0.5, 0.6) is 0 Å². The van der Waals surface area contributed by atoms with Gasteiger partial charge in [0.25, 0.3) is 5.91 Å². The van der Waals surface area contributed by atoms with E-state index in [9.17, 15) is 9.90 Å². The summed E-state index contributed by atoms with van der Waals surface area (Å²) in [6.45, 7) is 1.90. The summed E-state index contributed by atoms with van der Waals surface area (Å²) in [5.41, 5.74) is 1.46. The van der Waals surface area contributed by atoms with Gasteiger partial charge in [-0.1, -0.05) is 18.2 Å². The smallest absolute Gasteiger partial charge is 0.287 e. The molecule has 21 heavy (non-hydrogen) atoms. The molecule has 5 heteroatoms. The molecule has 5 nitrogen and oxygen atoms in total. The van der Waals surface area contributed by atoms with Gasteiger partial charge in [0, 0.05) is 10.9 Å². The molecule has 0 fully saturated rings. The first-order valence-electron chi connectivity index (χ1n) is 6.64. The number of carbonyl (C=O) groups excluding carboxylic acids is 1. The molecule has 0 aliphatic rings. The summed E-state index contributed by atoms with van der Waals surface area (Å²) in [4.78, 5) is 12.2. The molecule has 0 saturated heterocycles. The molecule has 2 heterocycles. The third-order valence-corrected chi connectivity index (χ3v) is 3.38. The van der Waals surface area contributed by atoms with Crippen molar-refractivity contribution in [1.82, 2.24) is 5.32 Å². The Morgan fingerprint density at radius 2 is 2.10 bits per heavy atom. The number of amides is 1. The molecule has 0 bridgehead atoms. The van der Waals surface area contributed by atoms with E-state index in [1.807, 2.05) is 31.2 Å². The zero-order chi connectivity index (χ0) is 14.8. The van der Waals surface area contributed by atoms with E-state index < -0.39 is 6.10 Å². The number of carbonyl (C=O) groups is 1. The summed E-state index contributed by atoms with van der Waals surface area (Å²) in [6, 6.07) is 10.8. The van der Waals surface area contributed by atoms with Crippen molar-refractivity contribution in [3.63, 3.8) is 0 Å². The van der Waals surface area contributed by atoms with Gasteiger partial charge in [0.05, 0.1) is 12.8 Å². The number of para-hydroxylation sites is 1. The summed E-state index contributed by atoms with van der Waals surface area (Å²) < 4.78 is 10.6. The van der Waals surface area contributed by atoms with Crippen LogP contribution in [0.25, 0.3) is 11.0 Å². The number of rotatable bonds is 4. The van der Waals surface area contributed by atoms with Crippen LogP contribution in [0.2, 0.25) is 0 Å². The number of hydrogen-bond acceptors (Lipinski definition) is 4. The Morgan fingerprint density at radius 3 is 2.81 bits per heavy atom. The first-order chi connectivity index (χ1) is 10.2. The molecule has 1 aromatic carbocycles. The molecular formula is C16H15NO4. The number of fused-ring (bicyclic) bond motifs is 1. The summed E-state index contributed by atoms with van der Waals surface area (Å²) in [6.07, 6.45) is 0.595. The zero-order valence-electron chi connectivity index (χ0n) is 11.5. The van der Waals surface area contributed by atoms with Crippen molar-refractivity contribution in [3.8, 4) is 0 Å². The van der Waals surface area contributed by atoms with Gasteiger partial charge in [-0.2, -0.15) is 0 Å². The first kappa shape index (κ1) is 13.5. The van der Waals surface area contributed by atoms with Crippen molar-refractivity contribution in [2.45, 2.75) is 13.0 Å². The van der Waals surface area contributed by atoms with Crippen LogP contribution >= 0.6 is 0 Å². The van der Waals surface area contributed by atoms with E-state index in [0.717, 1.165) is 10.9 Å². The van der Waals surface area contributed by atoms with E-state index in [2.05, 4.69) is 5.32 Å². The van der Waals surface area contributed by atoms with Gasteiger partial charge < -0.3 is 19.3 Å². The molecule has 3 rings (SSSR count). The molecule has 108 valence electrons. The fourth-order valence-corrected chi connectivity index (χ4v) is 2.24. The monoisotopic (exact) mass is 285 g/mol. The van der Waals surface area contributed by atoms with E-state index in [-0.39, 0.29) is 18.2 Å². The fourth-order valence-electron chi connectivity index (χ4n) is 2.24. The number of hydrogen-bond donors (Lipinski definition) is 2. The lowest BCUT2D eigenvalue weighted by molar-refractivity contribution is 0.0875. The Balaban J connectivity index is 1.74. The second-order valence-corrected chi connectivity index (χ2v) is 4.79. The van der Waals surface area contributed by atoms with Gasteiger partial charge in [-0.3, -0.25) is 4.79 Å². The van der Waals surface area contributed by atoms with Crippen molar-refractivity contribution < 1.29 is 18.7 Å². The first-order valence-corrected chi connectivity index (χ1v) is 6.64. The predicted molar refractivity (Wildman–Crippen MR) is 77.0 cm³/mol. The van der Waals surface area contributed by atoms with E-state index in [4.69, 9.17) is 8.83 Å². The van der Waals surface area contributed by atoms with Crippen LogP contribution in [0.3, 0.4) is 0 Å². The van der Waals surface area contributed by atoms with Crippen LogP contribution < -0.4 is 5.32 Å². The van der Waals surface area contributed by atoms with Gasteiger partial charge in [0.15, 0.2) is 5.76 Å². The Labute approximate surface area is 121 Å². The van der Waals surface area contributed by atoms with Crippen molar-refractivity contribution in [3.05, 3.63) is 59.7 Å². The molecule has 2 aromatic heterocycles. The Morgan fingerprint density at radius 1 is 1.29 bits per heavy atom. The fraction of sp³-hybridized carbons (Fsp3) is 0.188. The van der Waals surface area contributed by atoms with E-state index >= 15 is 0 Å². The average Bonchev–Trinajstić information content (AvgIpc) is 3.13. The summed E-state index contributed by atoms with van der Waals surface area (Å²) in [5.74, 6) is 0.328. The van der Waals surface area contributed by atoms with Gasteiger partial charge in [-0.05, 0) is 25.1 Å². The average molecular weight is 285 g/mol. The van der Waals surface area contributed by atoms with E-state index in [0.29, 0.717) is 11.3 Å². The van der Waals surface area contributed by atoms with E-state index in [1.165, 1.54) is 6.26 Å². The van der Waals surface area contributed by atoms with Crippen molar-refractivity contribution in [2.75, 3.05) is 6.54 Å². The molecule has 1 amide bonds. The molecule has 0 radical (unpaired) electrons. The highest BCUT2D eigenvalue weighted by Gasteiger charge is 2.19. The molecule has 3 aromatic rings. The molecule has 0 saturated carbocycles. The highest BCUT2D eigenvalue weighted by Crippen LogP contribution is 2.24. The van der Waals surface area contributed by atoms with Gasteiger partial charge in [0.2, 0.25) is 0 Å². The van der Waals surface area contributed by atoms with Gasteiger partial charge in [-0.15, -0.1) is 0 Å². The van der Waals surface area contributed by atoms with Crippen molar-refractivity contribution in [2.24, 2.45) is 0 Å². The topological polar surface area (TPSA) is 75.6 Å². The number of furan rings is 2. The minimum absolute atomic E-state index is 0.0584. The van der Waals surface area contributed by atoms with Gasteiger partial charge in [-0.25, -0.2) is 0 Å². The number of aryl methyl sites for hydroxylation is 1. The second kappa shape index (κ2) is 5.46. The molecular weight excluding hydrogens is 270 g/mol. The van der Waals surface area contributed by atoms with E-state index in [1.54, 1.807) is 12.1 Å². The quantitative estimate of drug-likeness (QED) is 0.773. The molecule has 0 aliphatic carbocycles. The number of nitrogens with one attached hydrogen (secondary N) is 1. The maximum atomic E-state index is 12.2. The highest BCUT2D eigenvalue weighted by atomic mass is 16.4. The van der Waals surface area contributed by atoms with Crippen LogP contribution in [0, 0.1) is 6.92 Å². The molecule has 2 N–H and O–H groups in total. The van der Waals surface area contributed by atoms with Crippen molar-refractivity contribution in [1.29, 1.82) is 0 Å². The maximum Gasteiger partial charge on any atom is 0.287 e. The van der Waals surface area contributed by atoms with Crippen LogP contribution in [0.4, 0.5) is 0 Å².